The minimum absolute atomic E-state index is 0.0537. The maximum Gasteiger partial charge on any atom is 0.244 e. The van der Waals surface area contributed by atoms with Gasteiger partial charge in [0.15, 0.2) is 0 Å². The summed E-state index contributed by atoms with van der Waals surface area (Å²) in [6, 6.07) is 20.4. The van der Waals surface area contributed by atoms with E-state index in [1.807, 2.05) is 50.2 Å². The van der Waals surface area contributed by atoms with Gasteiger partial charge in [0.1, 0.15) is 12.6 Å². The van der Waals surface area contributed by atoms with Gasteiger partial charge in [-0.25, -0.2) is 8.42 Å². The van der Waals surface area contributed by atoms with E-state index in [0.717, 1.165) is 16.1 Å². The summed E-state index contributed by atoms with van der Waals surface area (Å²) >= 11 is 12.4. The van der Waals surface area contributed by atoms with Crippen LogP contribution in [0.25, 0.3) is 0 Å². The van der Waals surface area contributed by atoms with Crippen LogP contribution in [0.1, 0.15) is 30.5 Å². The van der Waals surface area contributed by atoms with Crippen LogP contribution < -0.4 is 9.62 Å². The summed E-state index contributed by atoms with van der Waals surface area (Å²) in [5.74, 6) is -0.659. The number of hydrogen-bond acceptors (Lipinski definition) is 4. The number of carbonyl (C=O) groups excluding carboxylic acids is 2. The second-order valence-corrected chi connectivity index (χ2v) is 13.0. The predicted molar refractivity (Wildman–Crippen MR) is 162 cm³/mol. The third-order valence-electron chi connectivity index (χ3n) is 6.32. The number of benzene rings is 3. The highest BCUT2D eigenvalue weighted by molar-refractivity contribution is 7.92. The van der Waals surface area contributed by atoms with E-state index in [4.69, 9.17) is 23.2 Å². The minimum atomic E-state index is -3.89. The quantitative estimate of drug-likeness (QED) is 0.297. The van der Waals surface area contributed by atoms with E-state index < -0.39 is 28.5 Å². The highest BCUT2D eigenvalue weighted by atomic mass is 35.5. The van der Waals surface area contributed by atoms with Gasteiger partial charge in [-0.05, 0) is 53.8 Å². The lowest BCUT2D eigenvalue weighted by atomic mass is 10.0. The van der Waals surface area contributed by atoms with Crippen molar-refractivity contribution in [2.75, 3.05) is 23.7 Å². The Morgan fingerprint density at radius 3 is 2.17 bits per heavy atom. The summed E-state index contributed by atoms with van der Waals surface area (Å²) < 4.78 is 26.9. The number of aryl methyl sites for hydroxylation is 1. The van der Waals surface area contributed by atoms with Gasteiger partial charge in [-0.1, -0.05) is 85.6 Å². The van der Waals surface area contributed by atoms with Crippen molar-refractivity contribution in [2.24, 2.45) is 5.92 Å². The molecule has 0 aliphatic carbocycles. The summed E-state index contributed by atoms with van der Waals surface area (Å²) in [6.45, 7) is 5.69. The molecule has 0 radical (unpaired) electrons. The second kappa shape index (κ2) is 14.0. The first-order chi connectivity index (χ1) is 18.8. The maximum atomic E-state index is 14.1. The summed E-state index contributed by atoms with van der Waals surface area (Å²) in [4.78, 5) is 29.2. The van der Waals surface area contributed by atoms with E-state index in [1.165, 1.54) is 11.0 Å². The monoisotopic (exact) mass is 603 g/mol. The average Bonchev–Trinajstić information content (AvgIpc) is 2.89. The van der Waals surface area contributed by atoms with Crippen molar-refractivity contribution in [3.8, 4) is 0 Å². The normalized spacial score (nSPS) is 12.2. The fourth-order valence-corrected chi connectivity index (χ4v) is 5.53. The van der Waals surface area contributed by atoms with Crippen LogP contribution in [0.4, 0.5) is 5.69 Å². The molecule has 3 aromatic rings. The number of rotatable bonds is 12. The molecular formula is C30H35Cl2N3O4S. The Balaban J connectivity index is 2.07. The van der Waals surface area contributed by atoms with Crippen LogP contribution in [-0.4, -0.2) is 50.5 Å². The van der Waals surface area contributed by atoms with E-state index in [-0.39, 0.29) is 24.8 Å². The molecule has 3 rings (SSSR count). The van der Waals surface area contributed by atoms with E-state index >= 15 is 0 Å². The van der Waals surface area contributed by atoms with Crippen LogP contribution in [0.3, 0.4) is 0 Å². The molecule has 0 aliphatic heterocycles. The van der Waals surface area contributed by atoms with Crippen LogP contribution in [-0.2, 0) is 32.6 Å². The van der Waals surface area contributed by atoms with Gasteiger partial charge in [-0.3, -0.25) is 13.9 Å². The zero-order valence-corrected chi connectivity index (χ0v) is 25.4. The van der Waals surface area contributed by atoms with Gasteiger partial charge in [0, 0.05) is 29.6 Å². The van der Waals surface area contributed by atoms with Gasteiger partial charge in [-0.15, -0.1) is 0 Å². The molecule has 0 aliphatic rings. The van der Waals surface area contributed by atoms with Gasteiger partial charge in [0.05, 0.1) is 11.9 Å². The molecule has 0 heterocycles. The highest BCUT2D eigenvalue weighted by Gasteiger charge is 2.33. The Morgan fingerprint density at radius 1 is 0.900 bits per heavy atom. The van der Waals surface area contributed by atoms with Crippen LogP contribution in [0.15, 0.2) is 72.8 Å². The Hall–Kier alpha value is -3.07. The van der Waals surface area contributed by atoms with Gasteiger partial charge in [-0.2, -0.15) is 0 Å². The Kier molecular flexibility index (Phi) is 11.0. The minimum Gasteiger partial charge on any atom is -0.354 e. The highest BCUT2D eigenvalue weighted by Crippen LogP contribution is 2.27. The number of amides is 2. The Bertz CT molecular complexity index is 1430. The van der Waals surface area contributed by atoms with Crippen molar-refractivity contribution in [1.29, 1.82) is 0 Å². The molecule has 0 unspecified atom stereocenters. The Morgan fingerprint density at radius 2 is 1.55 bits per heavy atom. The molecule has 7 nitrogen and oxygen atoms in total. The lowest BCUT2D eigenvalue weighted by Crippen LogP contribution is -2.53. The first kappa shape index (κ1) is 31.5. The van der Waals surface area contributed by atoms with Crippen LogP contribution in [0.5, 0.6) is 0 Å². The first-order valence-corrected chi connectivity index (χ1v) is 15.5. The molecule has 0 fully saturated rings. The first-order valence-electron chi connectivity index (χ1n) is 12.9. The summed E-state index contributed by atoms with van der Waals surface area (Å²) in [7, 11) is -3.89. The molecule has 0 bridgehead atoms. The van der Waals surface area contributed by atoms with E-state index in [0.29, 0.717) is 33.4 Å². The standard InChI is InChI=1S/C30H35Cl2N3O4S/c1-21(2)18-33-30(37)28(16-23-9-6-5-7-10-23)34(19-24-11-8-12-25(31)15-24)29(36)20-35(40(4,38)39)27-17-26(32)14-13-22(27)3/h5-15,17,21,28H,16,18-20H2,1-4H3,(H,33,37)/t28-/m0/s1. The van der Waals surface area contributed by atoms with Gasteiger partial charge in [0.2, 0.25) is 21.8 Å². The van der Waals surface area contributed by atoms with E-state index in [9.17, 15) is 18.0 Å². The third kappa shape index (κ3) is 8.98. The second-order valence-electron chi connectivity index (χ2n) is 10.2. The number of halogens is 2. The fourth-order valence-electron chi connectivity index (χ4n) is 4.25. The fraction of sp³-hybridized carbons (Fsp3) is 0.333. The number of sulfonamides is 1. The number of carbonyl (C=O) groups is 2. The lowest BCUT2D eigenvalue weighted by Gasteiger charge is -2.34. The number of anilines is 1. The zero-order chi connectivity index (χ0) is 29.4. The van der Waals surface area contributed by atoms with Crippen molar-refractivity contribution >= 4 is 50.7 Å². The van der Waals surface area contributed by atoms with E-state index in [1.54, 1.807) is 37.3 Å². The number of nitrogens with one attached hydrogen (secondary N) is 1. The largest absolute Gasteiger partial charge is 0.354 e. The van der Waals surface area contributed by atoms with Crippen molar-refractivity contribution < 1.29 is 18.0 Å². The zero-order valence-electron chi connectivity index (χ0n) is 23.1. The van der Waals surface area contributed by atoms with Crippen LogP contribution in [0.2, 0.25) is 10.0 Å². The predicted octanol–water partition coefficient (Wildman–Crippen LogP) is 5.48. The SMILES string of the molecule is Cc1ccc(Cl)cc1N(CC(=O)N(Cc1cccc(Cl)c1)[C@@H](Cc1ccccc1)C(=O)NCC(C)C)S(C)(=O)=O. The van der Waals surface area contributed by atoms with Crippen molar-refractivity contribution in [3.63, 3.8) is 0 Å². The molecular weight excluding hydrogens is 569 g/mol. The molecule has 1 N–H and O–H groups in total. The number of nitrogens with zero attached hydrogens (tertiary/aromatic N) is 2. The molecule has 0 aromatic heterocycles. The van der Waals surface area contributed by atoms with Gasteiger partial charge in [0.25, 0.3) is 0 Å². The molecule has 40 heavy (non-hydrogen) atoms. The lowest BCUT2D eigenvalue weighted by molar-refractivity contribution is -0.140. The smallest absolute Gasteiger partial charge is 0.244 e. The summed E-state index contributed by atoms with van der Waals surface area (Å²) in [5.41, 5.74) is 2.51. The third-order valence-corrected chi connectivity index (χ3v) is 7.91. The molecule has 0 spiro atoms. The summed E-state index contributed by atoms with van der Waals surface area (Å²) in [5, 5.41) is 3.79. The summed E-state index contributed by atoms with van der Waals surface area (Å²) in [6.07, 6.45) is 1.28. The van der Waals surface area contributed by atoms with Crippen molar-refractivity contribution in [1.82, 2.24) is 10.2 Å². The van der Waals surface area contributed by atoms with Crippen molar-refractivity contribution in [3.05, 3.63) is 99.5 Å². The molecule has 1 atom stereocenters. The average molecular weight is 605 g/mol. The molecule has 2 amide bonds. The topological polar surface area (TPSA) is 86.8 Å². The molecule has 0 saturated carbocycles. The maximum absolute atomic E-state index is 14.1. The molecule has 0 saturated heterocycles. The molecule has 10 heteroatoms. The Labute approximate surface area is 247 Å². The van der Waals surface area contributed by atoms with Crippen LogP contribution >= 0.6 is 23.2 Å². The van der Waals surface area contributed by atoms with Gasteiger partial charge >= 0.3 is 0 Å². The van der Waals surface area contributed by atoms with Crippen LogP contribution in [0, 0.1) is 12.8 Å². The molecule has 214 valence electrons. The van der Waals surface area contributed by atoms with E-state index in [2.05, 4.69) is 5.32 Å². The molecule has 3 aromatic carbocycles. The van der Waals surface area contributed by atoms with Gasteiger partial charge < -0.3 is 10.2 Å². The van der Waals surface area contributed by atoms with Crippen molar-refractivity contribution in [2.45, 2.75) is 39.8 Å². The number of hydrogen-bond donors (Lipinski definition) is 1.